The van der Waals surface area contributed by atoms with Gasteiger partial charge in [-0.15, -0.1) is 0 Å². The molecule has 0 saturated carbocycles. The Kier molecular flexibility index (Phi) is 3.39. The predicted molar refractivity (Wildman–Crippen MR) is 68.9 cm³/mol. The van der Waals surface area contributed by atoms with Crippen LogP contribution in [0, 0.1) is 0 Å². The molecule has 0 aromatic carbocycles. The van der Waals surface area contributed by atoms with Crippen molar-refractivity contribution in [3.8, 4) is 0 Å². The fraction of sp³-hybridized carbons (Fsp3) is 0.643. The zero-order valence-corrected chi connectivity index (χ0v) is 10.3. The van der Waals surface area contributed by atoms with Gasteiger partial charge in [0.25, 0.3) is 0 Å². The summed E-state index contributed by atoms with van der Waals surface area (Å²) in [6, 6.07) is 7.69. The number of nitrogens with zero attached hydrogens (tertiary/aromatic N) is 2. The number of rotatable bonds is 4. The van der Waals surface area contributed by atoms with Gasteiger partial charge in [0.15, 0.2) is 0 Å². The van der Waals surface area contributed by atoms with Gasteiger partial charge < -0.3 is 5.32 Å². The van der Waals surface area contributed by atoms with Crippen LogP contribution in [0.1, 0.15) is 25.0 Å². The minimum atomic E-state index is 0.723. The molecule has 0 aliphatic carbocycles. The Morgan fingerprint density at radius 3 is 3.18 bits per heavy atom. The average molecular weight is 231 g/mol. The molecule has 17 heavy (non-hydrogen) atoms. The van der Waals surface area contributed by atoms with Crippen molar-refractivity contribution in [2.75, 3.05) is 19.6 Å². The van der Waals surface area contributed by atoms with Crippen molar-refractivity contribution in [1.82, 2.24) is 15.2 Å². The third kappa shape index (κ3) is 2.50. The first-order valence-electron chi connectivity index (χ1n) is 6.81. The highest BCUT2D eigenvalue weighted by atomic mass is 15.2. The van der Waals surface area contributed by atoms with Crippen LogP contribution in [0.3, 0.4) is 0 Å². The summed E-state index contributed by atoms with van der Waals surface area (Å²) in [6.45, 7) is 3.68. The van der Waals surface area contributed by atoms with E-state index in [-0.39, 0.29) is 0 Å². The van der Waals surface area contributed by atoms with E-state index < -0.39 is 0 Å². The first kappa shape index (κ1) is 11.2. The fourth-order valence-corrected chi connectivity index (χ4v) is 3.25. The van der Waals surface area contributed by atoms with Crippen molar-refractivity contribution in [2.45, 2.75) is 37.8 Å². The van der Waals surface area contributed by atoms with E-state index in [2.05, 4.69) is 27.3 Å². The van der Waals surface area contributed by atoms with Gasteiger partial charge in [-0.1, -0.05) is 6.07 Å². The van der Waals surface area contributed by atoms with E-state index in [1.165, 1.54) is 38.0 Å². The van der Waals surface area contributed by atoms with Crippen molar-refractivity contribution in [2.24, 2.45) is 0 Å². The van der Waals surface area contributed by atoms with Gasteiger partial charge in [0.05, 0.1) is 0 Å². The molecule has 1 aromatic heterocycles. The van der Waals surface area contributed by atoms with Gasteiger partial charge in [0, 0.05) is 43.5 Å². The van der Waals surface area contributed by atoms with Crippen LogP contribution in [0.15, 0.2) is 24.4 Å². The Morgan fingerprint density at radius 1 is 1.29 bits per heavy atom. The summed E-state index contributed by atoms with van der Waals surface area (Å²) < 4.78 is 0. The fourth-order valence-electron chi connectivity index (χ4n) is 3.25. The number of pyridine rings is 1. The van der Waals surface area contributed by atoms with E-state index in [9.17, 15) is 0 Å². The third-order valence-corrected chi connectivity index (χ3v) is 4.12. The van der Waals surface area contributed by atoms with E-state index in [1.54, 1.807) is 0 Å². The lowest BCUT2D eigenvalue weighted by Crippen LogP contribution is -2.40. The summed E-state index contributed by atoms with van der Waals surface area (Å²) in [6.07, 6.45) is 7.03. The summed E-state index contributed by atoms with van der Waals surface area (Å²) >= 11 is 0. The lowest BCUT2D eigenvalue weighted by atomic mass is 10.1. The van der Waals surface area contributed by atoms with Crippen LogP contribution in [0.5, 0.6) is 0 Å². The molecule has 2 aliphatic heterocycles. The lowest BCUT2D eigenvalue weighted by Gasteiger charge is -2.21. The zero-order valence-electron chi connectivity index (χ0n) is 10.3. The molecule has 3 rings (SSSR count). The largest absolute Gasteiger partial charge is 0.312 e. The molecular weight excluding hydrogens is 210 g/mol. The van der Waals surface area contributed by atoms with E-state index in [4.69, 9.17) is 0 Å². The van der Waals surface area contributed by atoms with Gasteiger partial charge in [-0.2, -0.15) is 0 Å². The molecule has 2 unspecified atom stereocenters. The quantitative estimate of drug-likeness (QED) is 0.850. The van der Waals surface area contributed by atoms with Crippen LogP contribution in [-0.4, -0.2) is 41.6 Å². The molecular formula is C14H21N3. The molecule has 0 radical (unpaired) electrons. The van der Waals surface area contributed by atoms with Crippen LogP contribution in [-0.2, 0) is 6.42 Å². The molecule has 3 heterocycles. The second-order valence-electron chi connectivity index (χ2n) is 5.17. The minimum absolute atomic E-state index is 0.723. The highest BCUT2D eigenvalue weighted by Crippen LogP contribution is 2.27. The Labute approximate surface area is 103 Å². The van der Waals surface area contributed by atoms with Crippen molar-refractivity contribution >= 4 is 0 Å². The number of aromatic nitrogens is 1. The molecule has 3 heteroatoms. The number of fused-ring (bicyclic) bond motifs is 1. The second-order valence-corrected chi connectivity index (χ2v) is 5.17. The molecule has 2 aliphatic rings. The summed E-state index contributed by atoms with van der Waals surface area (Å²) in [5.74, 6) is 0. The summed E-state index contributed by atoms with van der Waals surface area (Å²) in [7, 11) is 0. The molecule has 0 amide bonds. The van der Waals surface area contributed by atoms with Crippen LogP contribution in [0.25, 0.3) is 0 Å². The van der Waals surface area contributed by atoms with E-state index >= 15 is 0 Å². The Morgan fingerprint density at radius 2 is 2.29 bits per heavy atom. The molecule has 0 bridgehead atoms. The molecule has 0 spiro atoms. The first-order chi connectivity index (χ1) is 8.43. The highest BCUT2D eigenvalue weighted by Gasteiger charge is 2.36. The Balaban J connectivity index is 1.46. The normalized spacial score (nSPS) is 28.5. The number of nitrogens with one attached hydrogen (secondary N) is 1. The molecule has 3 nitrogen and oxygen atoms in total. The van der Waals surface area contributed by atoms with Crippen LogP contribution in [0.2, 0.25) is 0 Å². The molecule has 2 fully saturated rings. The van der Waals surface area contributed by atoms with E-state index in [1.807, 2.05) is 12.3 Å². The topological polar surface area (TPSA) is 28.2 Å². The average Bonchev–Trinajstić information content (AvgIpc) is 2.95. The van der Waals surface area contributed by atoms with E-state index in [0.29, 0.717) is 0 Å². The van der Waals surface area contributed by atoms with E-state index in [0.717, 1.165) is 25.0 Å². The van der Waals surface area contributed by atoms with Crippen molar-refractivity contribution in [3.63, 3.8) is 0 Å². The first-order valence-corrected chi connectivity index (χ1v) is 6.81. The molecule has 2 atom stereocenters. The maximum atomic E-state index is 4.36. The molecule has 1 aromatic rings. The zero-order chi connectivity index (χ0) is 11.5. The van der Waals surface area contributed by atoms with Crippen molar-refractivity contribution in [1.29, 1.82) is 0 Å². The highest BCUT2D eigenvalue weighted by molar-refractivity contribution is 5.04. The smallest absolute Gasteiger partial charge is 0.0416 e. The maximum absolute atomic E-state index is 4.36. The number of hydrogen-bond donors (Lipinski definition) is 1. The molecule has 2 saturated heterocycles. The van der Waals surface area contributed by atoms with Gasteiger partial charge in [0.1, 0.15) is 0 Å². The molecule has 1 N–H and O–H groups in total. The van der Waals surface area contributed by atoms with Gasteiger partial charge in [0.2, 0.25) is 0 Å². The van der Waals surface area contributed by atoms with Gasteiger partial charge in [-0.05, 0) is 37.9 Å². The Hall–Kier alpha value is -0.930. The third-order valence-electron chi connectivity index (χ3n) is 4.12. The van der Waals surface area contributed by atoms with Crippen LogP contribution < -0.4 is 5.32 Å². The Bertz CT molecular complexity index is 352. The van der Waals surface area contributed by atoms with Crippen LogP contribution in [0.4, 0.5) is 0 Å². The standard InChI is InChI=1S/C14H21N3/c1-2-8-15-12(4-1)6-9-16-13-7-11-17-10-3-5-14(13)17/h1-2,4,8,13-14,16H,3,5-7,9-11H2. The van der Waals surface area contributed by atoms with Crippen molar-refractivity contribution in [3.05, 3.63) is 30.1 Å². The SMILES string of the molecule is c1ccc(CCNC2CCN3CCCC23)nc1. The predicted octanol–water partition coefficient (Wildman–Crippen LogP) is 1.45. The second kappa shape index (κ2) is 5.15. The van der Waals surface area contributed by atoms with Gasteiger partial charge in [-0.3, -0.25) is 9.88 Å². The molecule has 92 valence electrons. The minimum Gasteiger partial charge on any atom is -0.312 e. The van der Waals surface area contributed by atoms with Crippen molar-refractivity contribution < 1.29 is 0 Å². The maximum Gasteiger partial charge on any atom is 0.0416 e. The summed E-state index contributed by atoms with van der Waals surface area (Å²) in [5.41, 5.74) is 1.20. The lowest BCUT2D eigenvalue weighted by molar-refractivity contribution is 0.299. The monoisotopic (exact) mass is 231 g/mol. The summed E-state index contributed by atoms with van der Waals surface area (Å²) in [5, 5.41) is 3.72. The van der Waals surface area contributed by atoms with Gasteiger partial charge >= 0.3 is 0 Å². The number of hydrogen-bond acceptors (Lipinski definition) is 3. The van der Waals surface area contributed by atoms with Gasteiger partial charge in [-0.25, -0.2) is 0 Å². The van der Waals surface area contributed by atoms with Crippen LogP contribution >= 0.6 is 0 Å². The summed E-state index contributed by atoms with van der Waals surface area (Å²) in [4.78, 5) is 7.01.